The van der Waals surface area contributed by atoms with Crippen molar-refractivity contribution in [1.82, 2.24) is 20.7 Å². The zero-order valence-electron chi connectivity index (χ0n) is 26.3. The van der Waals surface area contributed by atoms with E-state index in [9.17, 15) is 28.3 Å². The predicted molar refractivity (Wildman–Crippen MR) is 160 cm³/mol. The van der Waals surface area contributed by atoms with Gasteiger partial charge in [-0.25, -0.2) is 13.8 Å². The standard InChI is InChI=1S/C32H54F2N4O4/c1-7-10-38(11-8-2)32(42)25-14-22(9-3)13-24(18-25)31(41)35-28(17-23-15-26(33)19-27(34)16-23)29(39)20-37(6)36-30(40)12-21(4)5/h3,21-29,39H,7-8,10-20H2,1-2,4-6H3,(H,35,41)(H,36,40). The first kappa shape index (κ1) is 35.9. The first-order chi connectivity index (χ1) is 19.9. The number of alkyl halides is 2. The van der Waals surface area contributed by atoms with Gasteiger partial charge in [-0.2, -0.15) is 0 Å². The van der Waals surface area contributed by atoms with Crippen molar-refractivity contribution in [2.75, 3.05) is 26.7 Å². The van der Waals surface area contributed by atoms with Crippen LogP contribution in [0.15, 0.2) is 0 Å². The van der Waals surface area contributed by atoms with E-state index < -0.39 is 30.4 Å². The number of nitrogens with one attached hydrogen (secondary N) is 2. The molecular formula is C32H54F2N4O4. The molecule has 2 saturated carbocycles. The minimum atomic E-state index is -1.26. The van der Waals surface area contributed by atoms with E-state index in [0.717, 1.165) is 12.8 Å². The van der Waals surface area contributed by atoms with Gasteiger partial charge in [0.25, 0.3) is 0 Å². The Bertz CT molecular complexity index is 897. The molecular weight excluding hydrogens is 542 g/mol. The van der Waals surface area contributed by atoms with Crippen LogP contribution >= 0.6 is 0 Å². The Morgan fingerprint density at radius 2 is 1.57 bits per heavy atom. The number of hydrogen-bond donors (Lipinski definition) is 3. The number of rotatable bonds is 15. The van der Waals surface area contributed by atoms with Crippen molar-refractivity contribution < 1.29 is 28.3 Å². The van der Waals surface area contributed by atoms with Crippen LogP contribution in [0.25, 0.3) is 0 Å². The number of nitrogens with zero attached hydrogens (tertiary/aromatic N) is 2. The fraction of sp³-hybridized carbons (Fsp3) is 0.844. The Kier molecular flexibility index (Phi) is 15.2. The maximum atomic E-state index is 14.2. The highest BCUT2D eigenvalue weighted by Crippen LogP contribution is 2.36. The molecule has 0 heterocycles. The minimum absolute atomic E-state index is 0.0152. The van der Waals surface area contributed by atoms with Crippen LogP contribution in [0.2, 0.25) is 0 Å². The lowest BCUT2D eigenvalue weighted by Crippen LogP contribution is -2.53. The number of aliphatic hydroxyl groups is 1. The van der Waals surface area contributed by atoms with Gasteiger partial charge in [0, 0.05) is 57.3 Å². The van der Waals surface area contributed by atoms with Gasteiger partial charge < -0.3 is 15.3 Å². The van der Waals surface area contributed by atoms with Gasteiger partial charge in [-0.1, -0.05) is 27.7 Å². The van der Waals surface area contributed by atoms with Gasteiger partial charge in [0.2, 0.25) is 17.7 Å². The molecule has 2 aliphatic rings. The van der Waals surface area contributed by atoms with Crippen molar-refractivity contribution in [1.29, 1.82) is 0 Å². The molecule has 3 N–H and O–H groups in total. The summed E-state index contributed by atoms with van der Waals surface area (Å²) in [7, 11) is 1.63. The molecule has 0 aliphatic heterocycles. The molecule has 2 aliphatic carbocycles. The zero-order valence-corrected chi connectivity index (χ0v) is 26.3. The summed E-state index contributed by atoms with van der Waals surface area (Å²) < 4.78 is 28.4. The smallest absolute Gasteiger partial charge is 0.234 e. The normalized spacial score (nSPS) is 27.6. The van der Waals surface area contributed by atoms with Crippen LogP contribution in [-0.4, -0.2) is 83.9 Å². The van der Waals surface area contributed by atoms with Crippen molar-refractivity contribution in [3.63, 3.8) is 0 Å². The second-order valence-corrected chi connectivity index (χ2v) is 13.0. The van der Waals surface area contributed by atoms with Crippen molar-refractivity contribution >= 4 is 17.7 Å². The number of terminal acetylenes is 1. The van der Waals surface area contributed by atoms with Gasteiger partial charge in [0.1, 0.15) is 12.3 Å². The highest BCUT2D eigenvalue weighted by atomic mass is 19.1. The third-order valence-corrected chi connectivity index (χ3v) is 8.40. The lowest BCUT2D eigenvalue weighted by atomic mass is 9.74. The Labute approximate surface area is 251 Å². The lowest BCUT2D eigenvalue weighted by Gasteiger charge is -2.37. The molecule has 0 aromatic carbocycles. The molecule has 0 aromatic heterocycles. The number of amides is 3. The van der Waals surface area contributed by atoms with Crippen LogP contribution in [0.3, 0.4) is 0 Å². The third-order valence-electron chi connectivity index (χ3n) is 8.40. The van der Waals surface area contributed by atoms with Crippen molar-refractivity contribution in [3.8, 4) is 12.3 Å². The minimum Gasteiger partial charge on any atom is -0.390 e. The number of hydrazine groups is 1. The SMILES string of the molecule is C#CC1CC(C(=O)NC(CC2CC(F)CC(F)C2)C(O)CN(C)NC(=O)CC(C)C)CC(C(=O)N(CCC)CCC)C1. The van der Waals surface area contributed by atoms with Gasteiger partial charge in [-0.05, 0) is 63.2 Å². The number of carbonyl (C=O) groups is 3. The second-order valence-electron chi connectivity index (χ2n) is 13.0. The summed E-state index contributed by atoms with van der Waals surface area (Å²) in [5.74, 6) is 0.985. The molecule has 2 rings (SSSR count). The van der Waals surface area contributed by atoms with Crippen molar-refractivity contribution in [3.05, 3.63) is 0 Å². The Hall–Kier alpha value is -2.25. The first-order valence-electron chi connectivity index (χ1n) is 15.9. The van der Waals surface area contributed by atoms with Gasteiger partial charge in [-0.3, -0.25) is 19.8 Å². The van der Waals surface area contributed by atoms with Gasteiger partial charge >= 0.3 is 0 Å². The van der Waals surface area contributed by atoms with Crippen molar-refractivity contribution in [2.45, 2.75) is 116 Å². The third kappa shape index (κ3) is 11.8. The number of likely N-dealkylation sites (N-methyl/N-ethyl adjacent to an activating group) is 1. The molecule has 0 bridgehead atoms. The average molecular weight is 597 g/mol. The largest absolute Gasteiger partial charge is 0.390 e. The number of hydrogen-bond acceptors (Lipinski definition) is 5. The highest BCUT2D eigenvalue weighted by molar-refractivity contribution is 5.83. The van der Waals surface area contributed by atoms with Crippen LogP contribution in [0.5, 0.6) is 0 Å². The zero-order chi connectivity index (χ0) is 31.4. The van der Waals surface area contributed by atoms with Crippen LogP contribution in [0.1, 0.15) is 91.9 Å². The highest BCUT2D eigenvalue weighted by Gasteiger charge is 2.39. The molecule has 0 radical (unpaired) electrons. The summed E-state index contributed by atoms with van der Waals surface area (Å²) in [6, 6.07) is -0.790. The summed E-state index contributed by atoms with van der Waals surface area (Å²) in [6.07, 6.45) is 5.92. The molecule has 0 aromatic rings. The summed E-state index contributed by atoms with van der Waals surface area (Å²) in [5, 5.41) is 15.7. The van der Waals surface area contributed by atoms with Gasteiger partial charge in [0.15, 0.2) is 0 Å². The number of halogens is 2. The lowest BCUT2D eigenvalue weighted by molar-refractivity contribution is -0.139. The van der Waals surface area contributed by atoms with E-state index in [1.165, 1.54) is 5.01 Å². The maximum absolute atomic E-state index is 14.2. The summed E-state index contributed by atoms with van der Waals surface area (Å²) >= 11 is 0. The van der Waals surface area contributed by atoms with Crippen LogP contribution in [0.4, 0.5) is 8.78 Å². The van der Waals surface area contributed by atoms with Crippen LogP contribution in [-0.2, 0) is 14.4 Å². The predicted octanol–water partition coefficient (Wildman–Crippen LogP) is 4.02. The summed E-state index contributed by atoms with van der Waals surface area (Å²) in [6.45, 7) is 9.24. The number of carbonyl (C=O) groups excluding carboxylic acids is 3. The molecule has 42 heavy (non-hydrogen) atoms. The fourth-order valence-electron chi connectivity index (χ4n) is 6.54. The summed E-state index contributed by atoms with van der Waals surface area (Å²) in [5.41, 5.74) is 2.73. The van der Waals surface area contributed by atoms with Gasteiger partial charge in [-0.15, -0.1) is 12.3 Å². The molecule has 7 unspecified atom stereocenters. The molecule has 0 saturated heterocycles. The second kappa shape index (κ2) is 17.8. The topological polar surface area (TPSA) is 102 Å². The molecule has 0 spiro atoms. The maximum Gasteiger partial charge on any atom is 0.234 e. The van der Waals surface area contributed by atoms with E-state index in [-0.39, 0.29) is 73.6 Å². The monoisotopic (exact) mass is 596 g/mol. The van der Waals surface area contributed by atoms with Gasteiger partial charge in [0.05, 0.1) is 12.1 Å². The quantitative estimate of drug-likeness (QED) is 0.196. The molecule has 7 atom stereocenters. The van der Waals surface area contributed by atoms with E-state index in [1.807, 2.05) is 32.6 Å². The number of aliphatic hydroxyl groups excluding tert-OH is 1. The van der Waals surface area contributed by atoms with Crippen molar-refractivity contribution in [2.24, 2.45) is 29.6 Å². The van der Waals surface area contributed by atoms with E-state index >= 15 is 0 Å². The van der Waals surface area contributed by atoms with Crippen LogP contribution < -0.4 is 10.7 Å². The van der Waals surface area contributed by atoms with Crippen LogP contribution in [0, 0.1) is 41.9 Å². The molecule has 10 heteroatoms. The first-order valence-corrected chi connectivity index (χ1v) is 15.9. The Morgan fingerprint density at radius 3 is 2.12 bits per heavy atom. The van der Waals surface area contributed by atoms with E-state index in [0.29, 0.717) is 38.8 Å². The Balaban J connectivity index is 2.18. The molecule has 8 nitrogen and oxygen atoms in total. The molecule has 3 amide bonds. The van der Waals surface area contributed by atoms with E-state index in [1.54, 1.807) is 7.05 Å². The van der Waals surface area contributed by atoms with E-state index in [2.05, 4.69) is 16.7 Å². The fourth-order valence-corrected chi connectivity index (χ4v) is 6.54. The summed E-state index contributed by atoms with van der Waals surface area (Å²) in [4.78, 5) is 41.2. The molecule has 2 fully saturated rings. The average Bonchev–Trinajstić information content (AvgIpc) is 2.90. The Morgan fingerprint density at radius 1 is 0.976 bits per heavy atom. The molecule has 240 valence electrons. The van der Waals surface area contributed by atoms with E-state index in [4.69, 9.17) is 6.42 Å².